The maximum absolute atomic E-state index is 13.4. The fourth-order valence-corrected chi connectivity index (χ4v) is 4.84. The molecule has 0 amide bonds. The highest BCUT2D eigenvalue weighted by molar-refractivity contribution is 5.77. The van der Waals surface area contributed by atoms with Crippen molar-refractivity contribution < 1.29 is 0 Å². The molecule has 0 fully saturated rings. The molecule has 0 unspecified atom stereocenters. The molecule has 1 aromatic carbocycles. The van der Waals surface area contributed by atoms with Crippen molar-refractivity contribution in [1.29, 1.82) is 0 Å². The lowest BCUT2D eigenvalue weighted by molar-refractivity contribution is 0.518. The molecule has 0 aliphatic carbocycles. The summed E-state index contributed by atoms with van der Waals surface area (Å²) < 4.78 is 4.96. The number of hydrogen-bond acceptors (Lipinski definition) is 4. The van der Waals surface area contributed by atoms with Gasteiger partial charge in [0.2, 0.25) is 5.95 Å². The Hall–Kier alpha value is -2.83. The van der Waals surface area contributed by atoms with Crippen LogP contribution < -0.4 is 16.1 Å². The molecule has 7 nitrogen and oxygen atoms in total. The van der Waals surface area contributed by atoms with E-state index in [-0.39, 0.29) is 11.2 Å². The topological polar surface area (TPSA) is 65.1 Å². The molecule has 1 aliphatic rings. The Labute approximate surface area is 195 Å². The predicted octanol–water partition coefficient (Wildman–Crippen LogP) is 4.89. The molecular formula is C26H37N5O2. The van der Waals surface area contributed by atoms with Gasteiger partial charge < -0.3 is 9.47 Å². The first kappa shape index (κ1) is 23.3. The molecule has 0 spiro atoms. The number of anilines is 2. The minimum atomic E-state index is -0.271. The summed E-state index contributed by atoms with van der Waals surface area (Å²) in [6, 6.07) is 8.35. The second-order valence-electron chi connectivity index (χ2n) is 9.35. The highest BCUT2D eigenvalue weighted by Gasteiger charge is 2.26. The molecule has 1 aliphatic heterocycles. The second-order valence-corrected chi connectivity index (χ2v) is 9.35. The molecule has 0 saturated carbocycles. The third-order valence-electron chi connectivity index (χ3n) is 6.80. The van der Waals surface area contributed by atoms with E-state index in [0.717, 1.165) is 50.4 Å². The minimum Gasteiger partial charge on any atom is -0.312 e. The first-order valence-corrected chi connectivity index (χ1v) is 12.6. The smallest absolute Gasteiger partial charge is 0.312 e. The van der Waals surface area contributed by atoms with Crippen molar-refractivity contribution >= 4 is 22.8 Å². The van der Waals surface area contributed by atoms with Crippen molar-refractivity contribution in [2.45, 2.75) is 84.7 Å². The number of aromatic nitrogens is 4. The van der Waals surface area contributed by atoms with E-state index >= 15 is 0 Å². The number of rotatable bonds is 10. The van der Waals surface area contributed by atoms with Crippen LogP contribution in [-0.2, 0) is 20.1 Å². The lowest BCUT2D eigenvalue weighted by Crippen LogP contribution is -2.40. The summed E-state index contributed by atoms with van der Waals surface area (Å²) in [4.78, 5) is 33.4. The Morgan fingerprint density at radius 3 is 2.27 bits per heavy atom. The minimum absolute atomic E-state index is 0.208. The zero-order chi connectivity index (χ0) is 23.4. The molecule has 0 saturated heterocycles. The summed E-state index contributed by atoms with van der Waals surface area (Å²) in [7, 11) is 1.73. The van der Waals surface area contributed by atoms with Crippen LogP contribution in [0, 0.1) is 6.92 Å². The van der Waals surface area contributed by atoms with E-state index in [2.05, 4.69) is 43.0 Å². The summed E-state index contributed by atoms with van der Waals surface area (Å²) in [5.74, 6) is 0.747. The van der Waals surface area contributed by atoms with Gasteiger partial charge >= 0.3 is 5.69 Å². The van der Waals surface area contributed by atoms with Crippen LogP contribution in [0.1, 0.15) is 70.3 Å². The molecule has 33 heavy (non-hydrogen) atoms. The van der Waals surface area contributed by atoms with E-state index in [0.29, 0.717) is 17.7 Å². The van der Waals surface area contributed by atoms with Crippen LogP contribution >= 0.6 is 0 Å². The number of benzene rings is 1. The van der Waals surface area contributed by atoms with E-state index in [1.165, 1.54) is 42.2 Å². The molecule has 3 aromatic rings. The molecule has 0 N–H and O–H groups in total. The maximum atomic E-state index is 13.4. The van der Waals surface area contributed by atoms with Crippen LogP contribution in [0.5, 0.6) is 0 Å². The molecule has 3 heterocycles. The Balaban J connectivity index is 1.58. The standard InChI is InChI=1S/C26H37N5O2/c1-4-5-6-7-8-9-10-11-17-31-24(32)22-23(28(3)26(31)33)27-25-29(18-12-19-30(22)25)21-15-13-20(2)14-16-21/h13-16H,4-12,17-19H2,1-3H3. The monoisotopic (exact) mass is 451 g/mol. The number of aryl methyl sites for hydroxylation is 3. The average Bonchev–Trinajstić information content (AvgIpc) is 3.22. The summed E-state index contributed by atoms with van der Waals surface area (Å²) in [5, 5.41) is 0. The van der Waals surface area contributed by atoms with Crippen molar-refractivity contribution in [2.24, 2.45) is 7.05 Å². The number of imidazole rings is 1. The van der Waals surface area contributed by atoms with Gasteiger partial charge in [-0.15, -0.1) is 0 Å². The fraction of sp³-hybridized carbons (Fsp3) is 0.577. The number of unbranched alkanes of at least 4 members (excludes halogenated alkanes) is 7. The van der Waals surface area contributed by atoms with Gasteiger partial charge in [-0.25, -0.2) is 4.79 Å². The van der Waals surface area contributed by atoms with Gasteiger partial charge in [-0.3, -0.25) is 13.9 Å². The van der Waals surface area contributed by atoms with Crippen LogP contribution in [0.2, 0.25) is 0 Å². The van der Waals surface area contributed by atoms with Crippen LogP contribution in [0.25, 0.3) is 11.2 Å². The molecule has 4 rings (SSSR count). The van der Waals surface area contributed by atoms with Crippen LogP contribution in [-0.4, -0.2) is 25.2 Å². The molecule has 0 radical (unpaired) electrons. The number of nitrogens with zero attached hydrogens (tertiary/aromatic N) is 5. The van der Waals surface area contributed by atoms with Crippen LogP contribution in [0.15, 0.2) is 33.9 Å². The maximum Gasteiger partial charge on any atom is 0.332 e. The molecule has 0 atom stereocenters. The summed E-state index contributed by atoms with van der Waals surface area (Å²) in [6.07, 6.45) is 10.4. The Kier molecular flexibility index (Phi) is 7.36. The number of hydrogen-bond donors (Lipinski definition) is 0. The molecule has 178 valence electrons. The Morgan fingerprint density at radius 2 is 1.58 bits per heavy atom. The first-order valence-electron chi connectivity index (χ1n) is 12.6. The summed E-state index contributed by atoms with van der Waals surface area (Å²) in [5.41, 5.74) is 2.81. The molecule has 0 bridgehead atoms. The second kappa shape index (κ2) is 10.4. The summed E-state index contributed by atoms with van der Waals surface area (Å²) in [6.45, 7) is 6.34. The molecule has 7 heteroatoms. The zero-order valence-corrected chi connectivity index (χ0v) is 20.3. The SMILES string of the molecule is CCCCCCCCCCn1c(=O)c2c(nc3n2CCCN3c2ccc(C)cc2)n(C)c1=O. The molecule has 2 aromatic heterocycles. The number of fused-ring (bicyclic) bond motifs is 3. The first-order chi connectivity index (χ1) is 16.0. The van der Waals surface area contributed by atoms with Gasteiger partial charge in [0.25, 0.3) is 5.56 Å². The van der Waals surface area contributed by atoms with Crippen molar-refractivity contribution in [1.82, 2.24) is 18.7 Å². The quantitative estimate of drug-likeness (QED) is 0.412. The van der Waals surface area contributed by atoms with E-state index in [9.17, 15) is 9.59 Å². The lowest BCUT2D eigenvalue weighted by atomic mass is 10.1. The van der Waals surface area contributed by atoms with Crippen molar-refractivity contribution in [3.8, 4) is 0 Å². The van der Waals surface area contributed by atoms with E-state index in [4.69, 9.17) is 4.98 Å². The van der Waals surface area contributed by atoms with Gasteiger partial charge in [-0.2, -0.15) is 4.98 Å². The van der Waals surface area contributed by atoms with Gasteiger partial charge in [0.05, 0.1) is 0 Å². The van der Waals surface area contributed by atoms with Gasteiger partial charge in [-0.1, -0.05) is 69.6 Å². The van der Waals surface area contributed by atoms with Crippen LogP contribution in [0.3, 0.4) is 0 Å². The predicted molar refractivity (Wildman–Crippen MR) is 135 cm³/mol. The lowest BCUT2D eigenvalue weighted by Gasteiger charge is -2.29. The Morgan fingerprint density at radius 1 is 0.909 bits per heavy atom. The fourth-order valence-electron chi connectivity index (χ4n) is 4.84. The summed E-state index contributed by atoms with van der Waals surface area (Å²) >= 11 is 0. The van der Waals surface area contributed by atoms with Gasteiger partial charge in [0.15, 0.2) is 11.2 Å². The van der Waals surface area contributed by atoms with E-state index < -0.39 is 0 Å². The van der Waals surface area contributed by atoms with E-state index in [1.807, 2.05) is 4.57 Å². The third kappa shape index (κ3) is 4.77. The molecular weight excluding hydrogens is 414 g/mol. The normalized spacial score (nSPS) is 13.6. The highest BCUT2D eigenvalue weighted by Crippen LogP contribution is 2.31. The Bertz CT molecular complexity index is 1200. The average molecular weight is 452 g/mol. The van der Waals surface area contributed by atoms with Gasteiger partial charge in [0, 0.05) is 32.4 Å². The van der Waals surface area contributed by atoms with E-state index in [1.54, 1.807) is 11.6 Å². The van der Waals surface area contributed by atoms with Crippen molar-refractivity contribution in [3.05, 3.63) is 50.7 Å². The van der Waals surface area contributed by atoms with Crippen LogP contribution in [0.4, 0.5) is 11.6 Å². The third-order valence-corrected chi connectivity index (χ3v) is 6.80. The highest BCUT2D eigenvalue weighted by atomic mass is 16.2. The van der Waals surface area contributed by atoms with Crippen molar-refractivity contribution in [3.63, 3.8) is 0 Å². The zero-order valence-electron chi connectivity index (χ0n) is 20.3. The largest absolute Gasteiger partial charge is 0.332 e. The van der Waals surface area contributed by atoms with Gasteiger partial charge in [-0.05, 0) is 31.9 Å². The van der Waals surface area contributed by atoms with Crippen molar-refractivity contribution in [2.75, 3.05) is 11.4 Å². The van der Waals surface area contributed by atoms with Gasteiger partial charge in [0.1, 0.15) is 0 Å².